The Morgan fingerprint density at radius 2 is 2.44 bits per heavy atom. The third kappa shape index (κ3) is 2.54. The Morgan fingerprint density at radius 1 is 1.78 bits per heavy atom. The summed E-state index contributed by atoms with van der Waals surface area (Å²) in [6.45, 7) is 5.92. The second kappa shape index (κ2) is 5.07. The Balaban J connectivity index is 2.39. The summed E-state index contributed by atoms with van der Waals surface area (Å²) < 4.78 is 0. The zero-order chi connectivity index (χ0) is 13.3. The van der Waals surface area contributed by atoms with Gasteiger partial charge in [-0.2, -0.15) is 0 Å². The van der Waals surface area contributed by atoms with E-state index < -0.39 is 6.10 Å². The van der Waals surface area contributed by atoms with Crippen molar-refractivity contribution in [3.05, 3.63) is 33.7 Å². The summed E-state index contributed by atoms with van der Waals surface area (Å²) in [6, 6.07) is 1.85. The zero-order valence-corrected chi connectivity index (χ0v) is 11.0. The summed E-state index contributed by atoms with van der Waals surface area (Å²) in [6.07, 6.45) is 3.20. The molecule has 1 aromatic rings. The predicted molar refractivity (Wildman–Crippen MR) is 72.2 cm³/mol. The van der Waals surface area contributed by atoms with Gasteiger partial charge in [0.15, 0.2) is 5.00 Å². The lowest BCUT2D eigenvalue weighted by Gasteiger charge is -2.20. The molecule has 0 aromatic carbocycles. The van der Waals surface area contributed by atoms with Gasteiger partial charge in [0.25, 0.3) is 0 Å². The first-order chi connectivity index (χ1) is 8.54. The van der Waals surface area contributed by atoms with Gasteiger partial charge in [0.05, 0.1) is 11.0 Å². The van der Waals surface area contributed by atoms with Crippen LogP contribution in [-0.2, 0) is 0 Å². The van der Waals surface area contributed by atoms with E-state index in [-0.39, 0.29) is 10.6 Å². The molecular weight excluding hydrogens is 252 g/mol. The van der Waals surface area contributed by atoms with Gasteiger partial charge in [-0.25, -0.2) is 0 Å². The van der Waals surface area contributed by atoms with Crippen LogP contribution >= 0.6 is 11.3 Å². The lowest BCUT2D eigenvalue weighted by atomic mass is 10.3. The normalized spacial score (nSPS) is 16.3. The maximum Gasteiger partial charge on any atom is 0.304 e. The highest BCUT2D eigenvalue weighted by molar-refractivity contribution is 7.16. The standard InChI is InChI=1S/C12H16N2O3S/c1-3-6-13(9-4-5-9)12-10(14(16)17)7-11(18-12)8(2)15/h3,7-9,15H,1,4-6H2,2H3/t8-/m1/s1. The van der Waals surface area contributed by atoms with Crippen molar-refractivity contribution in [2.75, 3.05) is 11.4 Å². The van der Waals surface area contributed by atoms with Crippen molar-refractivity contribution in [2.45, 2.75) is 31.9 Å². The van der Waals surface area contributed by atoms with Gasteiger partial charge in [-0.1, -0.05) is 6.08 Å². The first-order valence-electron chi connectivity index (χ1n) is 5.88. The van der Waals surface area contributed by atoms with E-state index >= 15 is 0 Å². The minimum absolute atomic E-state index is 0.0876. The van der Waals surface area contributed by atoms with Crippen LogP contribution < -0.4 is 4.90 Å². The number of hydrogen-bond acceptors (Lipinski definition) is 5. The number of hydrogen-bond donors (Lipinski definition) is 1. The maximum absolute atomic E-state index is 11.1. The Kier molecular flexibility index (Phi) is 3.68. The molecule has 0 unspecified atom stereocenters. The molecule has 1 heterocycles. The number of anilines is 1. The van der Waals surface area contributed by atoms with Crippen molar-refractivity contribution in [3.8, 4) is 0 Å². The molecule has 1 aromatic heterocycles. The molecule has 1 N–H and O–H groups in total. The van der Waals surface area contributed by atoms with Crippen LogP contribution in [0.4, 0.5) is 10.7 Å². The fourth-order valence-corrected chi connectivity index (χ4v) is 3.00. The van der Waals surface area contributed by atoms with E-state index in [1.807, 2.05) is 4.90 Å². The first-order valence-corrected chi connectivity index (χ1v) is 6.70. The van der Waals surface area contributed by atoms with Crippen molar-refractivity contribution in [1.82, 2.24) is 0 Å². The number of nitrogens with zero attached hydrogens (tertiary/aromatic N) is 2. The smallest absolute Gasteiger partial charge is 0.304 e. The molecule has 0 spiro atoms. The van der Waals surface area contributed by atoms with Crippen LogP contribution in [0.2, 0.25) is 0 Å². The molecule has 1 aliphatic rings. The number of thiophene rings is 1. The van der Waals surface area contributed by atoms with Crippen LogP contribution in [-0.4, -0.2) is 22.6 Å². The largest absolute Gasteiger partial charge is 0.388 e. The second-order valence-corrected chi connectivity index (χ2v) is 5.51. The van der Waals surface area contributed by atoms with E-state index in [1.54, 1.807) is 13.0 Å². The molecule has 1 aliphatic carbocycles. The van der Waals surface area contributed by atoms with Gasteiger partial charge in [0.2, 0.25) is 0 Å². The van der Waals surface area contributed by atoms with Crippen LogP contribution in [0.15, 0.2) is 18.7 Å². The molecule has 0 bridgehead atoms. The molecule has 1 atom stereocenters. The van der Waals surface area contributed by atoms with E-state index in [4.69, 9.17) is 0 Å². The summed E-state index contributed by atoms with van der Waals surface area (Å²) in [7, 11) is 0. The van der Waals surface area contributed by atoms with Crippen LogP contribution in [0.1, 0.15) is 30.7 Å². The summed E-state index contributed by atoms with van der Waals surface area (Å²) >= 11 is 1.30. The third-order valence-corrected chi connectivity index (χ3v) is 4.23. The molecule has 5 nitrogen and oxygen atoms in total. The molecule has 1 saturated carbocycles. The average Bonchev–Trinajstić information content (AvgIpc) is 3.03. The van der Waals surface area contributed by atoms with E-state index in [1.165, 1.54) is 17.4 Å². The van der Waals surface area contributed by atoms with Crippen molar-refractivity contribution >= 4 is 22.0 Å². The van der Waals surface area contributed by atoms with E-state index in [0.29, 0.717) is 22.5 Å². The van der Waals surface area contributed by atoms with E-state index in [0.717, 1.165) is 12.8 Å². The summed E-state index contributed by atoms with van der Waals surface area (Å²) in [5.41, 5.74) is 0.0876. The Hall–Kier alpha value is -1.40. The Labute approximate surface area is 110 Å². The first kappa shape index (κ1) is 13.0. The van der Waals surface area contributed by atoms with Gasteiger partial charge in [-0.05, 0) is 19.8 Å². The van der Waals surface area contributed by atoms with Crippen molar-refractivity contribution in [3.63, 3.8) is 0 Å². The third-order valence-electron chi connectivity index (χ3n) is 2.90. The van der Waals surface area contributed by atoms with Gasteiger partial charge in [-0.3, -0.25) is 10.1 Å². The highest BCUT2D eigenvalue weighted by Gasteiger charge is 2.34. The SMILES string of the molecule is C=CCN(c1sc([C@@H](C)O)cc1[N+](=O)[O-])C1CC1. The van der Waals surface area contributed by atoms with E-state index in [9.17, 15) is 15.2 Å². The highest BCUT2D eigenvalue weighted by Crippen LogP contribution is 2.44. The molecule has 0 aliphatic heterocycles. The monoisotopic (exact) mass is 268 g/mol. The van der Waals surface area contributed by atoms with Crippen molar-refractivity contribution in [1.29, 1.82) is 0 Å². The molecule has 0 amide bonds. The molecule has 0 saturated heterocycles. The lowest BCUT2D eigenvalue weighted by molar-refractivity contribution is -0.383. The number of rotatable bonds is 6. The molecule has 1 fully saturated rings. The molecule has 98 valence electrons. The second-order valence-electron chi connectivity index (χ2n) is 4.44. The van der Waals surface area contributed by atoms with Crippen LogP contribution in [0, 0.1) is 10.1 Å². The number of nitro groups is 1. The van der Waals surface area contributed by atoms with Crippen LogP contribution in [0.25, 0.3) is 0 Å². The van der Waals surface area contributed by atoms with Crippen LogP contribution in [0.5, 0.6) is 0 Å². The zero-order valence-electron chi connectivity index (χ0n) is 10.2. The fraction of sp³-hybridized carbons (Fsp3) is 0.500. The van der Waals surface area contributed by atoms with Gasteiger partial charge in [0, 0.05) is 23.5 Å². The van der Waals surface area contributed by atoms with Crippen molar-refractivity contribution in [2.24, 2.45) is 0 Å². The summed E-state index contributed by atoms with van der Waals surface area (Å²) in [4.78, 5) is 13.4. The Morgan fingerprint density at radius 3 is 2.89 bits per heavy atom. The summed E-state index contributed by atoms with van der Waals surface area (Å²) in [5.74, 6) is 0. The van der Waals surface area contributed by atoms with Gasteiger partial charge in [-0.15, -0.1) is 17.9 Å². The maximum atomic E-state index is 11.1. The number of aliphatic hydroxyl groups excluding tert-OH is 1. The summed E-state index contributed by atoms with van der Waals surface area (Å²) in [5, 5.41) is 21.3. The lowest BCUT2D eigenvalue weighted by Crippen LogP contribution is -2.25. The van der Waals surface area contributed by atoms with Gasteiger partial charge >= 0.3 is 5.69 Å². The van der Waals surface area contributed by atoms with Crippen molar-refractivity contribution < 1.29 is 10.0 Å². The van der Waals surface area contributed by atoms with Gasteiger partial charge in [0.1, 0.15) is 0 Å². The minimum Gasteiger partial charge on any atom is -0.388 e. The molecule has 18 heavy (non-hydrogen) atoms. The topological polar surface area (TPSA) is 66.6 Å². The van der Waals surface area contributed by atoms with Gasteiger partial charge < -0.3 is 10.0 Å². The minimum atomic E-state index is -0.674. The predicted octanol–water partition coefficient (Wildman–Crippen LogP) is 2.86. The molecule has 0 radical (unpaired) electrons. The molecular formula is C12H16N2O3S. The fourth-order valence-electron chi connectivity index (χ4n) is 1.86. The molecule has 6 heteroatoms. The average molecular weight is 268 g/mol. The highest BCUT2D eigenvalue weighted by atomic mass is 32.1. The quantitative estimate of drug-likeness (QED) is 0.489. The van der Waals surface area contributed by atoms with E-state index in [2.05, 4.69) is 6.58 Å². The van der Waals surface area contributed by atoms with Crippen LogP contribution in [0.3, 0.4) is 0 Å². The Bertz CT molecular complexity index is 466. The number of aliphatic hydroxyl groups is 1. The molecule has 2 rings (SSSR count).